The number of nitrogens with zero attached hydrogens (tertiary/aromatic N) is 1. The first-order valence-corrected chi connectivity index (χ1v) is 7.84. The van der Waals surface area contributed by atoms with Crippen molar-refractivity contribution in [1.82, 2.24) is 10.2 Å². The highest BCUT2D eigenvalue weighted by molar-refractivity contribution is 7.92. The maximum atomic E-state index is 12.3. The van der Waals surface area contributed by atoms with E-state index in [9.17, 15) is 13.2 Å². The Bertz CT molecular complexity index is 815. The van der Waals surface area contributed by atoms with Crippen molar-refractivity contribution in [2.45, 2.75) is 11.4 Å². The Labute approximate surface area is 130 Å². The molecule has 0 atom stereocenters. The van der Waals surface area contributed by atoms with E-state index in [-0.39, 0.29) is 27.3 Å². The van der Waals surface area contributed by atoms with E-state index in [1.807, 2.05) is 0 Å². The third kappa shape index (κ3) is 3.53. The maximum absolute atomic E-state index is 12.3. The number of nitrogens with one attached hydrogen (secondary N) is 2. The van der Waals surface area contributed by atoms with Crippen LogP contribution in [0, 0.1) is 0 Å². The zero-order valence-corrected chi connectivity index (χ0v) is 12.8. The molecule has 7 nitrogen and oxygen atoms in total. The van der Waals surface area contributed by atoms with Crippen molar-refractivity contribution < 1.29 is 8.42 Å². The van der Waals surface area contributed by atoms with Crippen LogP contribution in [0.25, 0.3) is 0 Å². The lowest BCUT2D eigenvalue weighted by atomic mass is 10.2. The summed E-state index contributed by atoms with van der Waals surface area (Å²) in [4.78, 5) is 10.7. The number of benzene rings is 1. The van der Waals surface area contributed by atoms with Crippen LogP contribution in [-0.2, 0) is 16.6 Å². The van der Waals surface area contributed by atoms with E-state index in [0.29, 0.717) is 5.56 Å². The fourth-order valence-corrected chi connectivity index (χ4v) is 3.40. The molecule has 0 aliphatic rings. The van der Waals surface area contributed by atoms with Crippen LogP contribution in [0.5, 0.6) is 0 Å². The molecule has 112 valence electrons. The van der Waals surface area contributed by atoms with Crippen LogP contribution in [0.4, 0.5) is 5.82 Å². The Kier molecular flexibility index (Phi) is 4.52. The first kappa shape index (κ1) is 15.8. The van der Waals surface area contributed by atoms with Crippen molar-refractivity contribution in [3.63, 3.8) is 0 Å². The molecule has 0 unspecified atom stereocenters. The van der Waals surface area contributed by atoms with E-state index in [4.69, 9.17) is 28.9 Å². The number of anilines is 1. The van der Waals surface area contributed by atoms with Gasteiger partial charge in [-0.2, -0.15) is 5.10 Å². The van der Waals surface area contributed by atoms with Gasteiger partial charge in [0.15, 0.2) is 5.82 Å². The molecule has 4 N–H and O–H groups in total. The van der Waals surface area contributed by atoms with Crippen molar-refractivity contribution in [1.29, 1.82) is 0 Å². The fourth-order valence-electron chi connectivity index (χ4n) is 1.53. The van der Waals surface area contributed by atoms with Gasteiger partial charge < -0.3 is 5.73 Å². The highest BCUT2D eigenvalue weighted by atomic mass is 35.5. The van der Waals surface area contributed by atoms with Gasteiger partial charge in [-0.25, -0.2) is 13.5 Å². The van der Waals surface area contributed by atoms with Gasteiger partial charge in [-0.3, -0.25) is 9.52 Å². The molecular formula is C11H10Cl2N4O3S. The number of aromatic amines is 1. The summed E-state index contributed by atoms with van der Waals surface area (Å²) < 4.78 is 26.7. The number of rotatable bonds is 4. The van der Waals surface area contributed by atoms with Gasteiger partial charge in [0.1, 0.15) is 4.90 Å². The molecule has 2 aromatic rings. The molecule has 0 saturated carbocycles. The predicted octanol–water partition coefficient (Wildman–Crippen LogP) is 1.34. The lowest BCUT2D eigenvalue weighted by Crippen LogP contribution is -2.17. The van der Waals surface area contributed by atoms with Crippen molar-refractivity contribution >= 4 is 39.0 Å². The molecule has 0 aliphatic heterocycles. The zero-order chi connectivity index (χ0) is 15.6. The normalized spacial score (nSPS) is 11.4. The molecule has 21 heavy (non-hydrogen) atoms. The third-order valence-corrected chi connectivity index (χ3v) is 4.70. The minimum absolute atomic E-state index is 0.0464. The molecule has 0 fully saturated rings. The smallest absolute Gasteiger partial charge is 0.264 e. The van der Waals surface area contributed by atoms with Crippen molar-refractivity contribution in [2.75, 3.05) is 4.72 Å². The number of nitrogens with two attached hydrogens (primary N) is 1. The van der Waals surface area contributed by atoms with Crippen LogP contribution in [0.2, 0.25) is 10.0 Å². The molecule has 0 aliphatic carbocycles. The van der Waals surface area contributed by atoms with Gasteiger partial charge in [-0.1, -0.05) is 23.2 Å². The molecule has 2 rings (SSSR count). The van der Waals surface area contributed by atoms with Gasteiger partial charge in [0.25, 0.3) is 15.6 Å². The van der Waals surface area contributed by atoms with Crippen LogP contribution < -0.4 is 16.0 Å². The number of sulfonamides is 1. The molecule has 0 saturated heterocycles. The van der Waals surface area contributed by atoms with Crippen molar-refractivity contribution in [2.24, 2.45) is 5.73 Å². The summed E-state index contributed by atoms with van der Waals surface area (Å²) in [6.45, 7) is 0.0649. The average molecular weight is 349 g/mol. The molecule has 1 aromatic carbocycles. The van der Waals surface area contributed by atoms with Crippen LogP contribution in [0.15, 0.2) is 34.0 Å². The largest absolute Gasteiger partial charge is 0.326 e. The summed E-state index contributed by atoms with van der Waals surface area (Å²) in [6.07, 6.45) is 0. The molecule has 0 radical (unpaired) electrons. The molecule has 1 heterocycles. The summed E-state index contributed by atoms with van der Waals surface area (Å²) in [5.74, 6) is -0.0464. The second-order valence-electron chi connectivity index (χ2n) is 3.99. The minimum Gasteiger partial charge on any atom is -0.326 e. The quantitative estimate of drug-likeness (QED) is 0.770. The summed E-state index contributed by atoms with van der Waals surface area (Å²) >= 11 is 11.8. The number of H-pyrrole nitrogens is 1. The highest BCUT2D eigenvalue weighted by Gasteiger charge is 2.20. The SMILES string of the molecule is NCc1cc(S(=O)(=O)Nc2ccc(=O)[nH]n2)c(Cl)cc1Cl. The maximum Gasteiger partial charge on any atom is 0.264 e. The molecule has 0 spiro atoms. The fraction of sp³-hybridized carbons (Fsp3) is 0.0909. The van der Waals surface area contributed by atoms with Gasteiger partial charge in [0, 0.05) is 17.6 Å². The summed E-state index contributed by atoms with van der Waals surface area (Å²) in [6, 6.07) is 4.96. The van der Waals surface area contributed by atoms with E-state index in [2.05, 4.69) is 14.9 Å². The monoisotopic (exact) mass is 348 g/mol. The van der Waals surface area contributed by atoms with Gasteiger partial charge in [0.2, 0.25) is 0 Å². The number of hydrogen-bond donors (Lipinski definition) is 3. The lowest BCUT2D eigenvalue weighted by molar-refractivity contribution is 0.601. The predicted molar refractivity (Wildman–Crippen MR) is 80.0 cm³/mol. The van der Waals surface area contributed by atoms with Gasteiger partial charge in [0.05, 0.1) is 5.02 Å². The van der Waals surface area contributed by atoms with Crippen LogP contribution in [-0.4, -0.2) is 18.6 Å². The number of aromatic nitrogens is 2. The third-order valence-electron chi connectivity index (χ3n) is 2.53. The van der Waals surface area contributed by atoms with Crippen LogP contribution in [0.3, 0.4) is 0 Å². The highest BCUT2D eigenvalue weighted by Crippen LogP contribution is 2.29. The molecular weight excluding hydrogens is 339 g/mol. The molecule has 1 aromatic heterocycles. The second-order valence-corrected chi connectivity index (χ2v) is 6.46. The lowest BCUT2D eigenvalue weighted by Gasteiger charge is -2.11. The zero-order valence-electron chi connectivity index (χ0n) is 10.4. The Balaban J connectivity index is 2.44. The Morgan fingerprint density at radius 2 is 1.95 bits per heavy atom. The first-order valence-electron chi connectivity index (χ1n) is 5.60. The van der Waals surface area contributed by atoms with Crippen molar-refractivity contribution in [3.05, 3.63) is 50.2 Å². The van der Waals surface area contributed by atoms with Crippen LogP contribution in [0.1, 0.15) is 5.56 Å². The summed E-state index contributed by atoms with van der Waals surface area (Å²) in [5, 5.41) is 5.90. The molecule has 10 heteroatoms. The van der Waals surface area contributed by atoms with Crippen molar-refractivity contribution in [3.8, 4) is 0 Å². The topological polar surface area (TPSA) is 118 Å². The minimum atomic E-state index is -3.99. The molecule has 0 amide bonds. The van der Waals surface area contributed by atoms with Crippen LogP contribution >= 0.6 is 23.2 Å². The second kappa shape index (κ2) is 6.02. The Hall–Kier alpha value is -1.61. The summed E-state index contributed by atoms with van der Waals surface area (Å²) in [7, 11) is -3.99. The first-order chi connectivity index (χ1) is 9.83. The van der Waals surface area contributed by atoms with Gasteiger partial charge >= 0.3 is 0 Å². The van der Waals surface area contributed by atoms with E-state index < -0.39 is 15.6 Å². The Morgan fingerprint density at radius 1 is 1.24 bits per heavy atom. The average Bonchev–Trinajstić information content (AvgIpc) is 2.41. The van der Waals surface area contributed by atoms with E-state index >= 15 is 0 Å². The van der Waals surface area contributed by atoms with Gasteiger partial charge in [-0.05, 0) is 23.8 Å². The number of halogens is 2. The number of hydrogen-bond acceptors (Lipinski definition) is 5. The van der Waals surface area contributed by atoms with E-state index in [1.165, 1.54) is 18.2 Å². The van der Waals surface area contributed by atoms with E-state index in [1.54, 1.807) is 0 Å². The Morgan fingerprint density at radius 3 is 2.52 bits per heavy atom. The summed E-state index contributed by atoms with van der Waals surface area (Å²) in [5.41, 5.74) is 5.48. The van der Waals surface area contributed by atoms with Gasteiger partial charge in [-0.15, -0.1) is 0 Å². The standard InChI is InChI=1S/C11H10Cl2N4O3S/c12-7-4-8(13)9(3-6(7)5-14)21(19,20)17-10-1-2-11(18)16-15-10/h1-4H,5,14H2,(H,15,17)(H,16,18). The van der Waals surface area contributed by atoms with E-state index in [0.717, 1.165) is 6.07 Å². The molecule has 0 bridgehead atoms.